The summed E-state index contributed by atoms with van der Waals surface area (Å²) in [4.78, 5) is 10.8. The fourth-order valence-corrected chi connectivity index (χ4v) is 1.96. The molecule has 19 heavy (non-hydrogen) atoms. The number of hydrogen-bond acceptors (Lipinski definition) is 3. The normalized spacial score (nSPS) is 10.2. The summed E-state index contributed by atoms with van der Waals surface area (Å²) in [6.45, 7) is 7.42. The highest BCUT2D eigenvalue weighted by Crippen LogP contribution is 2.30. The molecule has 0 spiro atoms. The van der Waals surface area contributed by atoms with E-state index in [1.807, 2.05) is 0 Å². The Bertz CT molecular complexity index is 430. The first-order valence-corrected chi connectivity index (χ1v) is 6.69. The van der Waals surface area contributed by atoms with Crippen LogP contribution in [0.1, 0.15) is 29.3 Å². The first-order valence-electron chi connectivity index (χ1n) is 6.32. The van der Waals surface area contributed by atoms with Crippen LogP contribution in [0.25, 0.3) is 0 Å². The van der Waals surface area contributed by atoms with Crippen LogP contribution in [-0.4, -0.2) is 26.1 Å². The quantitative estimate of drug-likeness (QED) is 0.394. The van der Waals surface area contributed by atoms with Crippen molar-refractivity contribution in [1.82, 2.24) is 0 Å². The fraction of sp³-hybridized carbons (Fsp3) is 0.400. The fourth-order valence-electron chi connectivity index (χ4n) is 1.66. The average Bonchev–Trinajstić information content (AvgIpc) is 2.41. The van der Waals surface area contributed by atoms with Crippen LogP contribution in [0, 0.1) is 0 Å². The summed E-state index contributed by atoms with van der Waals surface area (Å²) in [7, 11) is 0. The van der Waals surface area contributed by atoms with Crippen molar-refractivity contribution >= 4 is 17.9 Å². The van der Waals surface area contributed by atoms with E-state index in [-0.39, 0.29) is 0 Å². The molecular formula is C15H19ClO3. The zero-order valence-electron chi connectivity index (χ0n) is 11.2. The summed E-state index contributed by atoms with van der Waals surface area (Å²) in [5.74, 6) is 0.604. The van der Waals surface area contributed by atoms with Crippen LogP contribution in [0.4, 0.5) is 0 Å². The first-order chi connectivity index (χ1) is 9.22. The minimum absolute atomic E-state index is 0.435. The maximum atomic E-state index is 10.8. The van der Waals surface area contributed by atoms with Crippen molar-refractivity contribution in [2.24, 2.45) is 0 Å². The number of benzene rings is 1. The van der Waals surface area contributed by atoms with Crippen LogP contribution in [0.3, 0.4) is 0 Å². The SMILES string of the molecule is C=CCc1cc(C=O)cc(Cl)c1OCCOCCC. The number of carbonyl (C=O) groups excluding carboxylic acids is 1. The number of aldehydes is 1. The van der Waals surface area contributed by atoms with E-state index in [0.29, 0.717) is 36.0 Å². The summed E-state index contributed by atoms with van der Waals surface area (Å²) in [5, 5.41) is 0.442. The van der Waals surface area contributed by atoms with Gasteiger partial charge in [0.2, 0.25) is 0 Å². The lowest BCUT2D eigenvalue weighted by atomic mass is 10.1. The van der Waals surface area contributed by atoms with E-state index in [2.05, 4.69) is 13.5 Å². The van der Waals surface area contributed by atoms with Gasteiger partial charge in [-0.2, -0.15) is 0 Å². The van der Waals surface area contributed by atoms with Gasteiger partial charge in [-0.25, -0.2) is 0 Å². The van der Waals surface area contributed by atoms with Gasteiger partial charge in [0, 0.05) is 17.7 Å². The second-order valence-electron chi connectivity index (χ2n) is 4.06. The molecule has 1 rings (SSSR count). The van der Waals surface area contributed by atoms with E-state index in [9.17, 15) is 4.79 Å². The third-order valence-corrected chi connectivity index (χ3v) is 2.75. The number of rotatable bonds is 9. The van der Waals surface area contributed by atoms with E-state index >= 15 is 0 Å². The second kappa shape index (κ2) is 8.73. The predicted molar refractivity (Wildman–Crippen MR) is 77.3 cm³/mol. The summed E-state index contributed by atoms with van der Waals surface area (Å²) in [6.07, 6.45) is 4.11. The number of allylic oxidation sites excluding steroid dienone is 1. The maximum absolute atomic E-state index is 10.8. The molecular weight excluding hydrogens is 264 g/mol. The summed E-state index contributed by atoms with van der Waals surface area (Å²) >= 11 is 6.13. The third-order valence-electron chi connectivity index (χ3n) is 2.47. The van der Waals surface area contributed by atoms with Crippen molar-refractivity contribution in [3.63, 3.8) is 0 Å². The Hall–Kier alpha value is -1.32. The molecule has 3 nitrogen and oxygen atoms in total. The topological polar surface area (TPSA) is 35.5 Å². The monoisotopic (exact) mass is 282 g/mol. The van der Waals surface area contributed by atoms with Gasteiger partial charge in [-0.1, -0.05) is 24.6 Å². The van der Waals surface area contributed by atoms with E-state index in [4.69, 9.17) is 21.1 Å². The molecule has 0 saturated heterocycles. The molecule has 4 heteroatoms. The average molecular weight is 283 g/mol. The van der Waals surface area contributed by atoms with E-state index in [1.165, 1.54) is 0 Å². The van der Waals surface area contributed by atoms with Crippen LogP contribution in [-0.2, 0) is 11.2 Å². The van der Waals surface area contributed by atoms with Crippen LogP contribution >= 0.6 is 11.6 Å². The van der Waals surface area contributed by atoms with Crippen molar-refractivity contribution in [2.75, 3.05) is 19.8 Å². The zero-order valence-corrected chi connectivity index (χ0v) is 11.9. The molecule has 0 aliphatic heterocycles. The Labute approximate surface area is 119 Å². The molecule has 0 aromatic heterocycles. The molecule has 0 aliphatic rings. The highest BCUT2D eigenvalue weighted by Gasteiger charge is 2.10. The molecule has 0 heterocycles. The van der Waals surface area contributed by atoms with E-state index in [1.54, 1.807) is 18.2 Å². The lowest BCUT2D eigenvalue weighted by Gasteiger charge is -2.13. The third kappa shape index (κ3) is 5.05. The molecule has 0 fully saturated rings. The minimum Gasteiger partial charge on any atom is -0.489 e. The van der Waals surface area contributed by atoms with Gasteiger partial charge in [0.15, 0.2) is 0 Å². The Morgan fingerprint density at radius 2 is 2.11 bits per heavy atom. The molecule has 1 aromatic carbocycles. The van der Waals surface area contributed by atoms with Gasteiger partial charge in [-0.3, -0.25) is 4.79 Å². The lowest BCUT2D eigenvalue weighted by molar-refractivity contribution is 0.100. The molecule has 0 amide bonds. The molecule has 0 bridgehead atoms. The van der Waals surface area contributed by atoms with Gasteiger partial charge >= 0.3 is 0 Å². The summed E-state index contributed by atoms with van der Waals surface area (Å²) < 4.78 is 11.0. The van der Waals surface area contributed by atoms with Crippen LogP contribution in [0.15, 0.2) is 24.8 Å². The van der Waals surface area contributed by atoms with Crippen molar-refractivity contribution in [3.8, 4) is 5.75 Å². The molecule has 0 radical (unpaired) electrons. The van der Waals surface area contributed by atoms with Crippen LogP contribution in [0.2, 0.25) is 5.02 Å². The van der Waals surface area contributed by atoms with Gasteiger partial charge in [0.05, 0.1) is 11.6 Å². The predicted octanol–water partition coefficient (Wildman–Crippen LogP) is 3.69. The Morgan fingerprint density at radius 1 is 1.32 bits per heavy atom. The largest absolute Gasteiger partial charge is 0.489 e. The highest BCUT2D eigenvalue weighted by atomic mass is 35.5. The van der Waals surface area contributed by atoms with Crippen molar-refractivity contribution < 1.29 is 14.3 Å². The number of halogens is 1. The van der Waals surface area contributed by atoms with Gasteiger partial charge < -0.3 is 9.47 Å². The second-order valence-corrected chi connectivity index (χ2v) is 4.47. The number of hydrogen-bond donors (Lipinski definition) is 0. The van der Waals surface area contributed by atoms with Gasteiger partial charge in [0.1, 0.15) is 18.6 Å². The molecule has 0 unspecified atom stereocenters. The smallest absolute Gasteiger partial charge is 0.150 e. The minimum atomic E-state index is 0.435. The highest BCUT2D eigenvalue weighted by molar-refractivity contribution is 6.32. The van der Waals surface area contributed by atoms with Crippen molar-refractivity contribution in [3.05, 3.63) is 40.9 Å². The Morgan fingerprint density at radius 3 is 2.74 bits per heavy atom. The van der Waals surface area contributed by atoms with Crippen LogP contribution in [0.5, 0.6) is 5.75 Å². The van der Waals surface area contributed by atoms with Gasteiger partial charge in [-0.15, -0.1) is 6.58 Å². The Kier molecular flexibility index (Phi) is 7.23. The molecule has 1 aromatic rings. The van der Waals surface area contributed by atoms with Crippen molar-refractivity contribution in [1.29, 1.82) is 0 Å². The molecule has 0 aliphatic carbocycles. The molecule has 0 atom stereocenters. The molecule has 0 N–H and O–H groups in total. The molecule has 0 saturated carbocycles. The van der Waals surface area contributed by atoms with Crippen LogP contribution < -0.4 is 4.74 Å². The summed E-state index contributed by atoms with van der Waals surface area (Å²) in [5.41, 5.74) is 1.40. The standard InChI is InChI=1S/C15H19ClO3/c1-3-5-13-9-12(11-17)10-14(16)15(13)19-8-7-18-6-4-2/h3,9-11H,1,4-8H2,2H3. The first kappa shape index (κ1) is 15.7. The van der Waals surface area contributed by atoms with E-state index < -0.39 is 0 Å². The lowest BCUT2D eigenvalue weighted by Crippen LogP contribution is -2.09. The summed E-state index contributed by atoms with van der Waals surface area (Å²) in [6, 6.07) is 3.37. The number of carbonyl (C=O) groups is 1. The Balaban J connectivity index is 2.74. The number of ether oxygens (including phenoxy) is 2. The van der Waals surface area contributed by atoms with Gasteiger partial charge in [0.25, 0.3) is 0 Å². The van der Waals surface area contributed by atoms with E-state index in [0.717, 1.165) is 24.9 Å². The van der Waals surface area contributed by atoms with Crippen molar-refractivity contribution in [2.45, 2.75) is 19.8 Å². The zero-order chi connectivity index (χ0) is 14.1. The molecule has 104 valence electrons. The maximum Gasteiger partial charge on any atom is 0.150 e. The van der Waals surface area contributed by atoms with Gasteiger partial charge in [-0.05, 0) is 25.0 Å².